The minimum Gasteiger partial charge on any atom is -0.339 e. The van der Waals surface area contributed by atoms with Crippen molar-refractivity contribution in [3.8, 4) is 0 Å². The van der Waals surface area contributed by atoms with Crippen molar-refractivity contribution in [2.24, 2.45) is 5.92 Å². The Hall–Kier alpha value is -2.20. The van der Waals surface area contributed by atoms with Crippen LogP contribution in [0.2, 0.25) is 0 Å². The zero-order chi connectivity index (χ0) is 19.0. The Morgan fingerprint density at radius 1 is 1.15 bits per heavy atom. The van der Waals surface area contributed by atoms with E-state index in [-0.39, 0.29) is 11.7 Å². The Kier molecular flexibility index (Phi) is 5.00. The third kappa shape index (κ3) is 3.77. The van der Waals surface area contributed by atoms with E-state index in [0.29, 0.717) is 17.9 Å². The molecule has 1 amide bonds. The number of benzene rings is 2. The van der Waals surface area contributed by atoms with Crippen LogP contribution in [0.1, 0.15) is 36.0 Å². The predicted octanol–water partition coefficient (Wildman–Crippen LogP) is 3.97. The molecule has 27 heavy (non-hydrogen) atoms. The highest BCUT2D eigenvalue weighted by Crippen LogP contribution is 2.42. The van der Waals surface area contributed by atoms with Crippen LogP contribution in [0.25, 0.3) is 0 Å². The summed E-state index contributed by atoms with van der Waals surface area (Å²) < 4.78 is 13.2. The van der Waals surface area contributed by atoms with Gasteiger partial charge in [0.2, 0.25) is 5.91 Å². The number of likely N-dealkylation sites (tertiary alicyclic amines) is 2. The molecule has 0 saturated carbocycles. The molecule has 0 radical (unpaired) electrons. The summed E-state index contributed by atoms with van der Waals surface area (Å²) in [5, 5.41) is 0. The van der Waals surface area contributed by atoms with Crippen molar-refractivity contribution in [1.29, 1.82) is 0 Å². The summed E-state index contributed by atoms with van der Waals surface area (Å²) >= 11 is 0. The summed E-state index contributed by atoms with van der Waals surface area (Å²) in [5.74, 6) is 0.830. The fourth-order valence-electron chi connectivity index (χ4n) is 4.91. The van der Waals surface area contributed by atoms with Crippen molar-refractivity contribution in [2.45, 2.75) is 38.8 Å². The number of hydrogen-bond donors (Lipinski definition) is 0. The van der Waals surface area contributed by atoms with E-state index in [1.54, 1.807) is 6.92 Å². The summed E-state index contributed by atoms with van der Waals surface area (Å²) in [5.41, 5.74) is 3.75. The maximum atomic E-state index is 13.2. The van der Waals surface area contributed by atoms with Gasteiger partial charge in [0.25, 0.3) is 0 Å². The van der Waals surface area contributed by atoms with Crippen LogP contribution in [-0.2, 0) is 11.3 Å². The fraction of sp³-hybridized carbons (Fsp3) is 0.435. The number of carbonyl (C=O) groups is 1. The lowest BCUT2D eigenvalue weighted by Gasteiger charge is -2.39. The molecule has 0 unspecified atom stereocenters. The Bertz CT molecular complexity index is 819. The molecule has 0 bridgehead atoms. The Balaban J connectivity index is 1.55. The average molecular weight is 366 g/mol. The SMILES string of the molecule is CC(=O)N1C[C@@H](c2cccc(C)c2)[C@@H]2CN(Cc3ccc(F)cc3)CC[C@@H]21. The summed E-state index contributed by atoms with van der Waals surface area (Å²) in [6, 6.07) is 15.9. The molecular formula is C23H27FN2O. The summed E-state index contributed by atoms with van der Waals surface area (Å²) in [6.07, 6.45) is 1.01. The first-order valence-electron chi connectivity index (χ1n) is 9.82. The molecule has 0 spiro atoms. The molecule has 2 aliphatic heterocycles. The Labute approximate surface area is 160 Å². The van der Waals surface area contributed by atoms with E-state index < -0.39 is 0 Å². The molecule has 2 saturated heterocycles. The van der Waals surface area contributed by atoms with Crippen LogP contribution in [0.4, 0.5) is 4.39 Å². The molecule has 2 aliphatic rings. The zero-order valence-electron chi connectivity index (χ0n) is 16.1. The molecule has 3 atom stereocenters. The van der Waals surface area contributed by atoms with Gasteiger partial charge >= 0.3 is 0 Å². The maximum Gasteiger partial charge on any atom is 0.219 e. The van der Waals surface area contributed by atoms with Crippen LogP contribution in [0.15, 0.2) is 48.5 Å². The minimum atomic E-state index is -0.190. The van der Waals surface area contributed by atoms with Crippen LogP contribution < -0.4 is 0 Å². The first-order valence-corrected chi connectivity index (χ1v) is 9.82. The molecule has 0 N–H and O–H groups in total. The van der Waals surface area contributed by atoms with E-state index in [9.17, 15) is 9.18 Å². The number of rotatable bonds is 3. The van der Waals surface area contributed by atoms with Gasteiger partial charge in [-0.05, 0) is 36.6 Å². The molecule has 0 aliphatic carbocycles. The normalized spacial score (nSPS) is 25.4. The van der Waals surface area contributed by atoms with Gasteiger partial charge in [-0.1, -0.05) is 42.0 Å². The van der Waals surface area contributed by atoms with E-state index in [0.717, 1.165) is 38.2 Å². The lowest BCUT2D eigenvalue weighted by atomic mass is 9.81. The van der Waals surface area contributed by atoms with Crippen LogP contribution in [0.5, 0.6) is 0 Å². The first kappa shape index (κ1) is 18.2. The van der Waals surface area contributed by atoms with Crippen molar-refractivity contribution < 1.29 is 9.18 Å². The van der Waals surface area contributed by atoms with Crippen LogP contribution in [-0.4, -0.2) is 41.4 Å². The number of fused-ring (bicyclic) bond motifs is 1. The highest BCUT2D eigenvalue weighted by Gasteiger charge is 2.46. The molecular weight excluding hydrogens is 339 g/mol. The molecule has 3 nitrogen and oxygen atoms in total. The molecule has 2 aromatic carbocycles. The molecule has 4 rings (SSSR count). The summed E-state index contributed by atoms with van der Waals surface area (Å²) in [4.78, 5) is 16.8. The van der Waals surface area contributed by atoms with Crippen LogP contribution >= 0.6 is 0 Å². The summed E-state index contributed by atoms with van der Waals surface area (Å²) in [7, 11) is 0. The van der Waals surface area contributed by atoms with E-state index >= 15 is 0 Å². The molecule has 0 aromatic heterocycles. The number of carbonyl (C=O) groups excluding carboxylic acids is 1. The number of amides is 1. The largest absolute Gasteiger partial charge is 0.339 e. The zero-order valence-corrected chi connectivity index (χ0v) is 16.1. The second kappa shape index (κ2) is 7.43. The quantitative estimate of drug-likeness (QED) is 0.821. The number of nitrogens with zero attached hydrogens (tertiary/aromatic N) is 2. The highest BCUT2D eigenvalue weighted by atomic mass is 19.1. The monoisotopic (exact) mass is 366 g/mol. The smallest absolute Gasteiger partial charge is 0.219 e. The Morgan fingerprint density at radius 2 is 1.93 bits per heavy atom. The molecule has 2 aromatic rings. The second-order valence-electron chi connectivity index (χ2n) is 8.07. The highest BCUT2D eigenvalue weighted by molar-refractivity contribution is 5.74. The van der Waals surface area contributed by atoms with Gasteiger partial charge in [0.05, 0.1) is 0 Å². The van der Waals surface area contributed by atoms with Gasteiger partial charge in [0, 0.05) is 51.0 Å². The number of piperidine rings is 1. The van der Waals surface area contributed by atoms with Gasteiger partial charge in [0.1, 0.15) is 5.82 Å². The molecule has 4 heteroatoms. The predicted molar refractivity (Wildman–Crippen MR) is 105 cm³/mol. The van der Waals surface area contributed by atoms with Gasteiger partial charge in [-0.15, -0.1) is 0 Å². The standard InChI is InChI=1S/C23H27FN2O/c1-16-4-3-5-19(12-16)21-15-26(17(2)27)23-10-11-25(14-22(21)23)13-18-6-8-20(24)9-7-18/h3-9,12,21-23H,10-11,13-15H2,1-2H3/t21-,22-,23-/m0/s1. The van der Waals surface area contributed by atoms with Crippen LogP contribution in [0.3, 0.4) is 0 Å². The van der Waals surface area contributed by atoms with Gasteiger partial charge in [0.15, 0.2) is 0 Å². The topological polar surface area (TPSA) is 23.6 Å². The van der Waals surface area contributed by atoms with Gasteiger partial charge in [-0.2, -0.15) is 0 Å². The van der Waals surface area contributed by atoms with Gasteiger partial charge in [-0.25, -0.2) is 4.39 Å². The molecule has 2 fully saturated rings. The Morgan fingerprint density at radius 3 is 2.63 bits per heavy atom. The average Bonchev–Trinajstić information content (AvgIpc) is 3.03. The number of hydrogen-bond acceptors (Lipinski definition) is 2. The lowest BCUT2D eigenvalue weighted by Crippen LogP contribution is -2.47. The minimum absolute atomic E-state index is 0.187. The van der Waals surface area contributed by atoms with Crippen molar-refractivity contribution in [3.05, 3.63) is 71.0 Å². The third-order valence-electron chi connectivity index (χ3n) is 6.21. The van der Waals surface area contributed by atoms with Gasteiger partial charge < -0.3 is 4.90 Å². The fourth-order valence-corrected chi connectivity index (χ4v) is 4.91. The van der Waals surface area contributed by atoms with Crippen molar-refractivity contribution in [1.82, 2.24) is 9.80 Å². The van der Waals surface area contributed by atoms with Crippen LogP contribution in [0, 0.1) is 18.7 Å². The third-order valence-corrected chi connectivity index (χ3v) is 6.21. The van der Waals surface area contributed by atoms with Crippen molar-refractivity contribution in [3.63, 3.8) is 0 Å². The van der Waals surface area contributed by atoms with E-state index in [1.165, 1.54) is 23.3 Å². The van der Waals surface area contributed by atoms with Crippen molar-refractivity contribution >= 4 is 5.91 Å². The van der Waals surface area contributed by atoms with Gasteiger partial charge in [-0.3, -0.25) is 9.69 Å². The van der Waals surface area contributed by atoms with E-state index in [4.69, 9.17) is 0 Å². The lowest BCUT2D eigenvalue weighted by molar-refractivity contribution is -0.130. The maximum absolute atomic E-state index is 13.2. The second-order valence-corrected chi connectivity index (χ2v) is 8.07. The van der Waals surface area contributed by atoms with Crippen molar-refractivity contribution in [2.75, 3.05) is 19.6 Å². The summed E-state index contributed by atoms with van der Waals surface area (Å²) in [6.45, 7) is 7.43. The first-order chi connectivity index (χ1) is 13.0. The molecule has 142 valence electrons. The van der Waals surface area contributed by atoms with E-state index in [1.807, 2.05) is 12.1 Å². The molecule has 2 heterocycles. The van der Waals surface area contributed by atoms with E-state index in [2.05, 4.69) is 41.0 Å². The number of aryl methyl sites for hydroxylation is 1. The number of halogens is 1.